The van der Waals surface area contributed by atoms with Gasteiger partial charge in [0, 0.05) is 14.1 Å². The number of rotatable bonds is 8. The molecule has 0 bridgehead atoms. The molecule has 6 nitrogen and oxygen atoms in total. The van der Waals surface area contributed by atoms with Gasteiger partial charge in [0.2, 0.25) is 5.91 Å². The molecule has 1 amide bonds. The van der Waals surface area contributed by atoms with Gasteiger partial charge in [0.25, 0.3) is 0 Å². The van der Waals surface area contributed by atoms with E-state index in [1.54, 1.807) is 19.0 Å². The van der Waals surface area contributed by atoms with E-state index in [-0.39, 0.29) is 12.5 Å². The molecule has 0 aliphatic heterocycles. The summed E-state index contributed by atoms with van der Waals surface area (Å²) in [5, 5.41) is 6.28. The third-order valence-corrected chi connectivity index (χ3v) is 3.85. The number of hydrogen-bond acceptors (Lipinski definition) is 3. The van der Waals surface area contributed by atoms with Gasteiger partial charge in [-0.15, -0.1) is 0 Å². The fourth-order valence-electron chi connectivity index (χ4n) is 2.22. The second-order valence-corrected chi connectivity index (χ2v) is 6.38. The van der Waals surface area contributed by atoms with E-state index in [1.165, 1.54) is 5.56 Å². The van der Waals surface area contributed by atoms with Crippen LogP contribution in [0, 0.1) is 6.92 Å². The van der Waals surface area contributed by atoms with Crippen molar-refractivity contribution in [3.8, 4) is 5.75 Å². The highest BCUT2D eigenvalue weighted by molar-refractivity contribution is 5.86. The standard InChI is InChI=1S/C21H28N4O2/c1-17-9-11-19(12-10-17)27-14-13-22-21(24-16-20(26)25(2)3)23-15-18-7-5-4-6-8-18/h4-12H,13-16H2,1-3H3,(H2,22,23,24). The summed E-state index contributed by atoms with van der Waals surface area (Å²) in [6.07, 6.45) is 0. The number of hydrogen-bond donors (Lipinski definition) is 2. The number of guanidine groups is 1. The normalized spacial score (nSPS) is 11.0. The molecule has 0 unspecified atom stereocenters. The molecule has 2 aromatic carbocycles. The maximum Gasteiger partial charge on any atom is 0.241 e. The molecule has 6 heteroatoms. The van der Waals surface area contributed by atoms with Gasteiger partial charge in [-0.1, -0.05) is 48.0 Å². The number of aliphatic imine (C=N–C) groups is 1. The molecule has 0 fully saturated rings. The van der Waals surface area contributed by atoms with E-state index in [0.717, 1.165) is 11.3 Å². The largest absolute Gasteiger partial charge is 0.492 e. The van der Waals surface area contributed by atoms with Crippen LogP contribution in [0.3, 0.4) is 0 Å². The van der Waals surface area contributed by atoms with Gasteiger partial charge >= 0.3 is 0 Å². The molecule has 27 heavy (non-hydrogen) atoms. The fourth-order valence-corrected chi connectivity index (χ4v) is 2.22. The average Bonchev–Trinajstić information content (AvgIpc) is 2.68. The molecule has 2 aromatic rings. The second-order valence-electron chi connectivity index (χ2n) is 6.38. The Morgan fingerprint density at radius 3 is 2.41 bits per heavy atom. The first kappa shape index (κ1) is 20.3. The SMILES string of the molecule is Cc1ccc(OCCNC(=NCc2ccccc2)NCC(=O)N(C)C)cc1. The smallest absolute Gasteiger partial charge is 0.241 e. The van der Waals surface area contributed by atoms with Crippen LogP contribution in [0.5, 0.6) is 5.75 Å². The summed E-state index contributed by atoms with van der Waals surface area (Å²) < 4.78 is 5.72. The summed E-state index contributed by atoms with van der Waals surface area (Å²) >= 11 is 0. The van der Waals surface area contributed by atoms with Gasteiger partial charge in [0.1, 0.15) is 12.4 Å². The lowest BCUT2D eigenvalue weighted by atomic mass is 10.2. The maximum absolute atomic E-state index is 11.8. The molecule has 0 saturated heterocycles. The number of likely N-dealkylation sites (N-methyl/N-ethyl adjacent to an activating group) is 1. The summed E-state index contributed by atoms with van der Waals surface area (Å²) in [6, 6.07) is 17.9. The van der Waals surface area contributed by atoms with Crippen LogP contribution in [0.25, 0.3) is 0 Å². The molecule has 2 N–H and O–H groups in total. The molecule has 2 rings (SSSR count). The van der Waals surface area contributed by atoms with Gasteiger partial charge < -0.3 is 20.3 Å². The van der Waals surface area contributed by atoms with E-state index in [4.69, 9.17) is 4.74 Å². The van der Waals surface area contributed by atoms with Gasteiger partial charge in [-0.05, 0) is 24.6 Å². The summed E-state index contributed by atoms with van der Waals surface area (Å²) in [5.41, 5.74) is 2.30. The molecule has 0 aromatic heterocycles. The van der Waals surface area contributed by atoms with Crippen LogP contribution in [0.2, 0.25) is 0 Å². The second kappa shape index (κ2) is 10.9. The van der Waals surface area contributed by atoms with Gasteiger partial charge in [0.05, 0.1) is 19.6 Å². The maximum atomic E-state index is 11.8. The molecule has 144 valence electrons. The van der Waals surface area contributed by atoms with Crippen molar-refractivity contribution in [2.75, 3.05) is 33.8 Å². The number of ether oxygens (including phenoxy) is 1. The van der Waals surface area contributed by atoms with Gasteiger partial charge in [0.15, 0.2) is 5.96 Å². The third-order valence-electron chi connectivity index (χ3n) is 3.85. The first-order chi connectivity index (χ1) is 13.0. The van der Waals surface area contributed by atoms with Crippen molar-refractivity contribution in [3.63, 3.8) is 0 Å². The lowest BCUT2D eigenvalue weighted by Crippen LogP contribution is -2.44. The Hall–Kier alpha value is -3.02. The minimum atomic E-state index is -0.0138. The monoisotopic (exact) mass is 368 g/mol. The van der Waals surface area contributed by atoms with Crippen molar-refractivity contribution in [2.45, 2.75) is 13.5 Å². The molecule has 0 atom stereocenters. The number of carbonyl (C=O) groups excluding carboxylic acids is 1. The van der Waals surface area contributed by atoms with Crippen molar-refractivity contribution >= 4 is 11.9 Å². The number of nitrogens with one attached hydrogen (secondary N) is 2. The van der Waals surface area contributed by atoms with Crippen LogP contribution in [-0.4, -0.2) is 50.6 Å². The summed E-state index contributed by atoms with van der Waals surface area (Å²) in [7, 11) is 3.46. The molecular weight excluding hydrogens is 340 g/mol. The summed E-state index contributed by atoms with van der Waals surface area (Å²) in [6.45, 7) is 3.83. The molecule has 0 radical (unpaired) electrons. The zero-order valence-corrected chi connectivity index (χ0v) is 16.2. The lowest BCUT2D eigenvalue weighted by molar-refractivity contribution is -0.127. The Balaban J connectivity index is 1.86. The molecular formula is C21H28N4O2. The Morgan fingerprint density at radius 2 is 1.74 bits per heavy atom. The summed E-state index contributed by atoms with van der Waals surface area (Å²) in [5.74, 6) is 1.41. The van der Waals surface area contributed by atoms with Crippen LogP contribution in [-0.2, 0) is 11.3 Å². The zero-order valence-electron chi connectivity index (χ0n) is 16.2. The van der Waals surface area contributed by atoms with Crippen LogP contribution >= 0.6 is 0 Å². The van der Waals surface area contributed by atoms with Crippen LogP contribution < -0.4 is 15.4 Å². The van der Waals surface area contributed by atoms with Crippen molar-refractivity contribution < 1.29 is 9.53 Å². The Morgan fingerprint density at radius 1 is 1.04 bits per heavy atom. The topological polar surface area (TPSA) is 66.0 Å². The fraction of sp³-hybridized carbons (Fsp3) is 0.333. The molecule has 0 heterocycles. The zero-order chi connectivity index (χ0) is 19.5. The highest BCUT2D eigenvalue weighted by atomic mass is 16.5. The quantitative estimate of drug-likeness (QED) is 0.426. The van der Waals surface area contributed by atoms with E-state index >= 15 is 0 Å². The van der Waals surface area contributed by atoms with Crippen molar-refractivity contribution in [1.29, 1.82) is 0 Å². The predicted molar refractivity (Wildman–Crippen MR) is 109 cm³/mol. The van der Waals surface area contributed by atoms with Crippen LogP contribution in [0.15, 0.2) is 59.6 Å². The Bertz CT molecular complexity index is 728. The summed E-state index contributed by atoms with van der Waals surface area (Å²) in [4.78, 5) is 17.9. The number of amides is 1. The Kier molecular flexibility index (Phi) is 8.16. The molecule has 0 aliphatic carbocycles. The predicted octanol–water partition coefficient (Wildman–Crippen LogP) is 2.20. The van der Waals surface area contributed by atoms with Crippen LogP contribution in [0.4, 0.5) is 0 Å². The first-order valence-electron chi connectivity index (χ1n) is 9.00. The molecule has 0 aliphatic rings. The van der Waals surface area contributed by atoms with Gasteiger partial charge in [-0.2, -0.15) is 0 Å². The highest BCUT2D eigenvalue weighted by Crippen LogP contribution is 2.10. The lowest BCUT2D eigenvalue weighted by Gasteiger charge is -2.15. The minimum absolute atomic E-state index is 0.0138. The van der Waals surface area contributed by atoms with Crippen molar-refractivity contribution in [1.82, 2.24) is 15.5 Å². The van der Waals surface area contributed by atoms with E-state index < -0.39 is 0 Å². The number of nitrogens with zero attached hydrogens (tertiary/aromatic N) is 2. The number of aryl methyl sites for hydroxylation is 1. The van der Waals surface area contributed by atoms with E-state index in [1.807, 2.05) is 61.5 Å². The number of benzene rings is 2. The third kappa shape index (κ3) is 7.81. The average molecular weight is 368 g/mol. The van der Waals surface area contributed by atoms with Crippen LogP contribution in [0.1, 0.15) is 11.1 Å². The van der Waals surface area contributed by atoms with Crippen molar-refractivity contribution in [2.24, 2.45) is 4.99 Å². The van der Waals surface area contributed by atoms with E-state index in [9.17, 15) is 4.79 Å². The van der Waals surface area contributed by atoms with E-state index in [0.29, 0.717) is 25.7 Å². The van der Waals surface area contributed by atoms with Crippen molar-refractivity contribution in [3.05, 3.63) is 65.7 Å². The number of carbonyl (C=O) groups is 1. The molecule has 0 saturated carbocycles. The van der Waals surface area contributed by atoms with Gasteiger partial charge in [-0.25, -0.2) is 4.99 Å². The Labute approximate surface area is 161 Å². The van der Waals surface area contributed by atoms with Gasteiger partial charge in [-0.3, -0.25) is 4.79 Å². The van der Waals surface area contributed by atoms with E-state index in [2.05, 4.69) is 15.6 Å². The highest BCUT2D eigenvalue weighted by Gasteiger charge is 2.06. The molecule has 0 spiro atoms. The minimum Gasteiger partial charge on any atom is -0.492 e. The first-order valence-corrected chi connectivity index (χ1v) is 9.00.